The van der Waals surface area contributed by atoms with Crippen LogP contribution in [0.4, 0.5) is 0 Å². The zero-order chi connectivity index (χ0) is 16.8. The van der Waals surface area contributed by atoms with E-state index in [2.05, 4.69) is 27.7 Å². The first kappa shape index (κ1) is 16.8. The normalized spacial score (nSPS) is 42.3. The smallest absolute Gasteiger partial charge is 0.133 e. The Hall–Kier alpha value is -1.09. The molecule has 3 rings (SSSR count). The molecule has 128 valence electrons. The Morgan fingerprint density at radius 1 is 1.30 bits per heavy atom. The van der Waals surface area contributed by atoms with Gasteiger partial charge in [0.25, 0.3) is 0 Å². The van der Waals surface area contributed by atoms with Gasteiger partial charge in [0.15, 0.2) is 0 Å². The Labute approximate surface area is 139 Å². The quantitative estimate of drug-likeness (QED) is 0.874. The fourth-order valence-corrected chi connectivity index (χ4v) is 5.41. The van der Waals surface area contributed by atoms with Gasteiger partial charge in [-0.3, -0.25) is 4.79 Å². The second kappa shape index (κ2) is 5.77. The van der Waals surface area contributed by atoms with Crippen LogP contribution in [0.3, 0.4) is 0 Å². The summed E-state index contributed by atoms with van der Waals surface area (Å²) in [5.74, 6) is 1.71. The van der Waals surface area contributed by atoms with E-state index in [0.29, 0.717) is 36.4 Å². The van der Waals surface area contributed by atoms with E-state index >= 15 is 0 Å². The number of hydrogen-bond acceptors (Lipinski definition) is 3. The highest BCUT2D eigenvalue weighted by molar-refractivity contribution is 5.80. The lowest BCUT2D eigenvalue weighted by molar-refractivity contribution is -0.149. The molecule has 3 nitrogen and oxygen atoms in total. The third-order valence-electron chi connectivity index (χ3n) is 7.49. The summed E-state index contributed by atoms with van der Waals surface area (Å²) in [6, 6.07) is 1.84. The highest BCUT2D eigenvalue weighted by Gasteiger charge is 2.56. The van der Waals surface area contributed by atoms with Crippen molar-refractivity contribution >= 4 is 5.78 Å². The molecule has 1 aromatic heterocycles. The SMILES string of the molecule is C[C@@H]1CC(=O)C[C@H]2[C@@]1(C)CC[C@@H](C)[C@]2(C)C[C@@H](O)c1ccoc1. The molecular formula is C20H30O3. The summed E-state index contributed by atoms with van der Waals surface area (Å²) in [5, 5.41) is 10.7. The molecule has 0 bridgehead atoms. The zero-order valence-electron chi connectivity index (χ0n) is 14.8. The van der Waals surface area contributed by atoms with Gasteiger partial charge in [-0.05, 0) is 53.9 Å². The van der Waals surface area contributed by atoms with E-state index in [1.807, 2.05) is 6.07 Å². The van der Waals surface area contributed by atoms with E-state index in [1.165, 1.54) is 12.8 Å². The molecule has 2 fully saturated rings. The van der Waals surface area contributed by atoms with Gasteiger partial charge in [0, 0.05) is 18.4 Å². The first-order valence-corrected chi connectivity index (χ1v) is 8.99. The molecule has 1 heterocycles. The molecular weight excluding hydrogens is 288 g/mol. The maximum absolute atomic E-state index is 12.3. The number of furan rings is 1. The Morgan fingerprint density at radius 2 is 2.04 bits per heavy atom. The first-order chi connectivity index (χ1) is 10.8. The van der Waals surface area contributed by atoms with Crippen LogP contribution in [0.25, 0.3) is 0 Å². The van der Waals surface area contributed by atoms with Gasteiger partial charge in [-0.1, -0.05) is 27.7 Å². The lowest BCUT2D eigenvalue weighted by Crippen LogP contribution is -2.54. The average Bonchev–Trinajstić information content (AvgIpc) is 3.01. The van der Waals surface area contributed by atoms with E-state index in [9.17, 15) is 9.90 Å². The molecule has 2 saturated carbocycles. The lowest BCUT2D eigenvalue weighted by Gasteiger charge is -2.60. The minimum absolute atomic E-state index is 0.0198. The maximum Gasteiger partial charge on any atom is 0.133 e. The third kappa shape index (κ3) is 2.67. The highest BCUT2D eigenvalue weighted by atomic mass is 16.3. The van der Waals surface area contributed by atoms with Gasteiger partial charge in [0.1, 0.15) is 5.78 Å². The van der Waals surface area contributed by atoms with Crippen LogP contribution in [0.2, 0.25) is 0 Å². The molecule has 3 heteroatoms. The summed E-state index contributed by atoms with van der Waals surface area (Å²) in [7, 11) is 0. The van der Waals surface area contributed by atoms with Crippen molar-refractivity contribution in [3.8, 4) is 0 Å². The number of aliphatic hydroxyl groups is 1. The van der Waals surface area contributed by atoms with Crippen molar-refractivity contribution in [2.75, 3.05) is 0 Å². The van der Waals surface area contributed by atoms with Crippen molar-refractivity contribution in [3.63, 3.8) is 0 Å². The minimum Gasteiger partial charge on any atom is -0.472 e. The van der Waals surface area contributed by atoms with Crippen molar-refractivity contribution in [1.82, 2.24) is 0 Å². The topological polar surface area (TPSA) is 50.4 Å². The lowest BCUT2D eigenvalue weighted by atomic mass is 9.44. The largest absolute Gasteiger partial charge is 0.472 e. The number of aliphatic hydroxyl groups excluding tert-OH is 1. The summed E-state index contributed by atoms with van der Waals surface area (Å²) in [6.45, 7) is 9.22. The standard InChI is InChI=1S/C20H30O3/c1-13-5-7-19(3)14(2)9-16(21)10-18(19)20(13,4)11-17(22)15-6-8-23-12-15/h6,8,12-14,17-18,22H,5,7,9-11H2,1-4H3/t13-,14-,17-,18+,19+,20+/m1/s1. The van der Waals surface area contributed by atoms with Gasteiger partial charge in [-0.15, -0.1) is 0 Å². The molecule has 1 aromatic rings. The number of hydrogen-bond donors (Lipinski definition) is 1. The van der Waals surface area contributed by atoms with Crippen LogP contribution in [0, 0.1) is 28.6 Å². The van der Waals surface area contributed by atoms with Crippen LogP contribution in [-0.4, -0.2) is 10.9 Å². The van der Waals surface area contributed by atoms with Gasteiger partial charge < -0.3 is 9.52 Å². The molecule has 0 saturated heterocycles. The Balaban J connectivity index is 1.92. The number of carbonyl (C=O) groups is 1. The van der Waals surface area contributed by atoms with Gasteiger partial charge in [-0.25, -0.2) is 0 Å². The van der Waals surface area contributed by atoms with Crippen LogP contribution in [-0.2, 0) is 4.79 Å². The van der Waals surface area contributed by atoms with Crippen LogP contribution >= 0.6 is 0 Å². The molecule has 23 heavy (non-hydrogen) atoms. The molecule has 1 N–H and O–H groups in total. The van der Waals surface area contributed by atoms with E-state index in [-0.39, 0.29) is 10.8 Å². The van der Waals surface area contributed by atoms with Crippen LogP contribution in [0.5, 0.6) is 0 Å². The van der Waals surface area contributed by atoms with E-state index < -0.39 is 6.10 Å². The second-order valence-corrected chi connectivity index (χ2v) is 8.63. The molecule has 0 radical (unpaired) electrons. The number of Topliss-reactive ketones (excluding diaryl/α,β-unsaturated/α-hetero) is 1. The number of carbonyl (C=O) groups excluding carboxylic acids is 1. The van der Waals surface area contributed by atoms with Crippen LogP contribution < -0.4 is 0 Å². The minimum atomic E-state index is -0.518. The summed E-state index contributed by atoms with van der Waals surface area (Å²) in [5.41, 5.74) is 1.04. The van der Waals surface area contributed by atoms with Crippen molar-refractivity contribution in [2.24, 2.45) is 28.6 Å². The van der Waals surface area contributed by atoms with Gasteiger partial charge in [-0.2, -0.15) is 0 Å². The van der Waals surface area contributed by atoms with Crippen LogP contribution in [0.1, 0.15) is 71.5 Å². The predicted molar refractivity (Wildman–Crippen MR) is 89.8 cm³/mol. The zero-order valence-corrected chi connectivity index (χ0v) is 14.8. The van der Waals surface area contributed by atoms with Gasteiger partial charge in [0.05, 0.1) is 18.6 Å². The Bertz CT molecular complexity index is 563. The van der Waals surface area contributed by atoms with Crippen molar-refractivity contribution in [2.45, 2.75) is 65.9 Å². The number of ketones is 1. The molecule has 2 aliphatic rings. The predicted octanol–water partition coefficient (Wildman–Crippen LogP) is 4.76. The van der Waals surface area contributed by atoms with E-state index in [4.69, 9.17) is 4.42 Å². The second-order valence-electron chi connectivity index (χ2n) is 8.63. The summed E-state index contributed by atoms with van der Waals surface area (Å²) in [4.78, 5) is 12.3. The Morgan fingerprint density at radius 3 is 2.70 bits per heavy atom. The number of rotatable bonds is 3. The molecule has 0 aliphatic heterocycles. The van der Waals surface area contributed by atoms with Crippen LogP contribution in [0.15, 0.2) is 23.0 Å². The molecule has 6 atom stereocenters. The molecule has 0 amide bonds. The maximum atomic E-state index is 12.3. The first-order valence-electron chi connectivity index (χ1n) is 8.99. The van der Waals surface area contributed by atoms with Gasteiger partial charge >= 0.3 is 0 Å². The fourth-order valence-electron chi connectivity index (χ4n) is 5.41. The fraction of sp³-hybridized carbons (Fsp3) is 0.750. The highest BCUT2D eigenvalue weighted by Crippen LogP contribution is 2.63. The van der Waals surface area contributed by atoms with E-state index in [0.717, 1.165) is 12.0 Å². The molecule has 2 aliphatic carbocycles. The van der Waals surface area contributed by atoms with Crippen molar-refractivity contribution in [3.05, 3.63) is 24.2 Å². The summed E-state index contributed by atoms with van der Waals surface area (Å²) in [6.07, 6.45) is 7.22. The van der Waals surface area contributed by atoms with Gasteiger partial charge in [0.2, 0.25) is 0 Å². The number of fused-ring (bicyclic) bond motifs is 1. The molecule has 0 unspecified atom stereocenters. The monoisotopic (exact) mass is 318 g/mol. The Kier molecular flexibility index (Phi) is 4.20. The molecule has 0 aromatic carbocycles. The third-order valence-corrected chi connectivity index (χ3v) is 7.49. The van der Waals surface area contributed by atoms with Crippen molar-refractivity contribution in [1.29, 1.82) is 0 Å². The van der Waals surface area contributed by atoms with Crippen molar-refractivity contribution < 1.29 is 14.3 Å². The summed E-state index contributed by atoms with van der Waals surface area (Å²) < 4.78 is 5.13. The van der Waals surface area contributed by atoms with E-state index in [1.54, 1.807) is 12.5 Å². The average molecular weight is 318 g/mol. The summed E-state index contributed by atoms with van der Waals surface area (Å²) >= 11 is 0. The molecule has 0 spiro atoms.